The molecule has 1 aliphatic carbocycles. The Morgan fingerprint density at radius 3 is 2.37 bits per heavy atom. The second-order valence-electron chi connectivity index (χ2n) is 6.73. The van der Waals surface area contributed by atoms with Gasteiger partial charge in [-0.25, -0.2) is 8.42 Å². The average molecular weight is 423 g/mol. The first-order chi connectivity index (χ1) is 12.4. The molecule has 148 valence electrons. The van der Waals surface area contributed by atoms with E-state index in [1.54, 1.807) is 6.07 Å². The molecule has 0 spiro atoms. The maximum absolute atomic E-state index is 13.1. The van der Waals surface area contributed by atoms with E-state index in [0.717, 1.165) is 17.5 Å². The van der Waals surface area contributed by atoms with Gasteiger partial charge >= 0.3 is 6.18 Å². The van der Waals surface area contributed by atoms with Crippen molar-refractivity contribution in [2.24, 2.45) is 0 Å². The monoisotopic (exact) mass is 422 g/mol. The maximum atomic E-state index is 13.1. The third kappa shape index (κ3) is 3.91. The van der Waals surface area contributed by atoms with Crippen molar-refractivity contribution in [2.45, 2.75) is 49.6 Å². The number of hydrogen-bond acceptors (Lipinski definition) is 5. The molecular weight excluding hydrogens is 405 g/mol. The van der Waals surface area contributed by atoms with E-state index in [9.17, 15) is 21.6 Å². The summed E-state index contributed by atoms with van der Waals surface area (Å²) in [5.41, 5.74) is 1.46. The summed E-state index contributed by atoms with van der Waals surface area (Å²) in [5, 5.41) is 6.13. The Bertz CT molecular complexity index is 982. The minimum atomic E-state index is -4.73. The van der Waals surface area contributed by atoms with Gasteiger partial charge in [0.15, 0.2) is 0 Å². The van der Waals surface area contributed by atoms with Crippen LogP contribution in [0.2, 0.25) is 0 Å². The van der Waals surface area contributed by atoms with Crippen LogP contribution in [0.15, 0.2) is 17.0 Å². The number of hydrogen-bond donors (Lipinski definition) is 1. The van der Waals surface area contributed by atoms with Crippen molar-refractivity contribution >= 4 is 25.7 Å². The Hall–Kier alpha value is -1.81. The lowest BCUT2D eigenvalue weighted by Crippen LogP contribution is -2.11. The topological polar surface area (TPSA) is 76.9 Å². The molecule has 0 unspecified atom stereocenters. The first kappa shape index (κ1) is 19.9. The number of rotatable bonds is 5. The number of benzene rings is 1. The molecule has 0 radical (unpaired) electrons. The van der Waals surface area contributed by atoms with Gasteiger partial charge in [0.2, 0.25) is 5.95 Å². The van der Waals surface area contributed by atoms with Gasteiger partial charge in [-0.3, -0.25) is 0 Å². The zero-order valence-electron chi connectivity index (χ0n) is 14.8. The molecule has 0 atom stereocenters. The minimum Gasteiger partial charge on any atom is -0.357 e. The maximum Gasteiger partial charge on any atom is 0.453 e. The normalized spacial score (nSPS) is 15.4. The Labute approximate surface area is 159 Å². The molecular formula is C16H18ClF3N4O2S. The molecule has 1 fully saturated rings. The van der Waals surface area contributed by atoms with E-state index < -0.39 is 21.1 Å². The van der Waals surface area contributed by atoms with Crippen molar-refractivity contribution in [3.05, 3.63) is 29.1 Å². The van der Waals surface area contributed by atoms with Crippen LogP contribution in [0.1, 0.15) is 55.5 Å². The highest BCUT2D eigenvalue weighted by Gasteiger charge is 2.38. The van der Waals surface area contributed by atoms with E-state index in [1.807, 2.05) is 13.8 Å². The summed E-state index contributed by atoms with van der Waals surface area (Å²) < 4.78 is 64.3. The van der Waals surface area contributed by atoms with Gasteiger partial charge in [0.1, 0.15) is 0 Å². The van der Waals surface area contributed by atoms with E-state index in [-0.39, 0.29) is 28.4 Å². The lowest BCUT2D eigenvalue weighted by molar-refractivity contribution is -0.144. The smallest absolute Gasteiger partial charge is 0.357 e. The zero-order chi connectivity index (χ0) is 20.1. The molecule has 1 aromatic carbocycles. The third-order valence-electron chi connectivity index (χ3n) is 4.37. The Morgan fingerprint density at radius 1 is 1.30 bits per heavy atom. The van der Waals surface area contributed by atoms with Crippen LogP contribution in [0.25, 0.3) is 5.69 Å². The molecule has 1 aromatic heterocycles. The summed E-state index contributed by atoms with van der Waals surface area (Å²) in [6, 6.07) is 3.00. The molecule has 2 aromatic rings. The molecule has 0 saturated heterocycles. The van der Waals surface area contributed by atoms with E-state index in [1.165, 1.54) is 13.1 Å². The van der Waals surface area contributed by atoms with Crippen LogP contribution >= 0.6 is 10.7 Å². The van der Waals surface area contributed by atoms with Gasteiger partial charge in [-0.1, -0.05) is 19.9 Å². The van der Waals surface area contributed by atoms with Crippen molar-refractivity contribution < 1.29 is 21.6 Å². The minimum absolute atomic E-state index is 0.0883. The molecule has 11 heteroatoms. The summed E-state index contributed by atoms with van der Waals surface area (Å²) in [6.07, 6.45) is -3.04. The number of halogens is 4. The van der Waals surface area contributed by atoms with Gasteiger partial charge in [-0.2, -0.15) is 22.8 Å². The second kappa shape index (κ2) is 6.66. The number of aromatic nitrogens is 3. The van der Waals surface area contributed by atoms with Crippen molar-refractivity contribution in [2.75, 3.05) is 12.4 Å². The van der Waals surface area contributed by atoms with Crippen LogP contribution in [-0.2, 0) is 15.2 Å². The summed E-state index contributed by atoms with van der Waals surface area (Å²) in [5.74, 6) is -1.47. The fourth-order valence-corrected chi connectivity index (χ4v) is 4.10. The molecule has 1 N–H and O–H groups in total. The highest BCUT2D eigenvalue weighted by molar-refractivity contribution is 8.13. The number of nitrogens with one attached hydrogen (secondary N) is 1. The molecule has 3 rings (SSSR count). The van der Waals surface area contributed by atoms with Gasteiger partial charge in [0.25, 0.3) is 14.9 Å². The van der Waals surface area contributed by atoms with E-state index >= 15 is 0 Å². The highest BCUT2D eigenvalue weighted by atomic mass is 35.7. The molecule has 27 heavy (non-hydrogen) atoms. The molecule has 1 saturated carbocycles. The molecule has 1 aliphatic rings. The number of anilines is 1. The van der Waals surface area contributed by atoms with Crippen LogP contribution in [0.5, 0.6) is 0 Å². The molecule has 0 amide bonds. The van der Waals surface area contributed by atoms with Gasteiger partial charge in [0, 0.05) is 17.7 Å². The van der Waals surface area contributed by atoms with E-state index in [0.29, 0.717) is 11.1 Å². The Kier molecular flexibility index (Phi) is 4.92. The van der Waals surface area contributed by atoms with Crippen molar-refractivity contribution in [1.29, 1.82) is 0 Å². The van der Waals surface area contributed by atoms with Crippen LogP contribution < -0.4 is 5.32 Å². The van der Waals surface area contributed by atoms with Gasteiger partial charge < -0.3 is 5.32 Å². The molecule has 0 aliphatic heterocycles. The first-order valence-electron chi connectivity index (χ1n) is 8.28. The van der Waals surface area contributed by atoms with Crippen LogP contribution in [0.4, 0.5) is 19.1 Å². The summed E-state index contributed by atoms with van der Waals surface area (Å²) >= 11 is 0. The lowest BCUT2D eigenvalue weighted by Gasteiger charge is -2.18. The first-order valence-corrected chi connectivity index (χ1v) is 10.6. The van der Waals surface area contributed by atoms with Crippen LogP contribution in [0, 0.1) is 0 Å². The molecule has 0 bridgehead atoms. The molecule has 1 heterocycles. The van der Waals surface area contributed by atoms with Crippen LogP contribution in [0.3, 0.4) is 0 Å². The summed E-state index contributed by atoms with van der Waals surface area (Å²) in [7, 11) is 2.94. The van der Waals surface area contributed by atoms with Crippen molar-refractivity contribution in [1.82, 2.24) is 14.8 Å². The van der Waals surface area contributed by atoms with E-state index in [4.69, 9.17) is 10.7 Å². The zero-order valence-corrected chi connectivity index (χ0v) is 16.4. The number of nitrogens with zero attached hydrogens (tertiary/aromatic N) is 3. The van der Waals surface area contributed by atoms with Crippen molar-refractivity contribution in [3.8, 4) is 5.69 Å². The fourth-order valence-electron chi connectivity index (χ4n) is 2.94. The average Bonchev–Trinajstić information content (AvgIpc) is 3.29. The van der Waals surface area contributed by atoms with Gasteiger partial charge in [-0.05, 0) is 41.9 Å². The SMILES string of the molecule is CNc1nc(C(F)(F)F)nn1-c1cc(S(=O)(=O)Cl)c(C2CC2)cc1C(C)C. The van der Waals surface area contributed by atoms with Crippen molar-refractivity contribution in [3.63, 3.8) is 0 Å². The molecule has 6 nitrogen and oxygen atoms in total. The largest absolute Gasteiger partial charge is 0.453 e. The van der Waals surface area contributed by atoms with Crippen LogP contribution in [-0.4, -0.2) is 30.2 Å². The summed E-state index contributed by atoms with van der Waals surface area (Å²) in [6.45, 7) is 3.73. The second-order valence-corrected chi connectivity index (χ2v) is 9.27. The van der Waals surface area contributed by atoms with E-state index in [2.05, 4.69) is 15.4 Å². The standard InChI is InChI=1S/C16H18ClF3N4O2S/c1-8(2)10-6-11(9-4-5-9)13(27(17,25)26)7-12(10)24-15(21-3)22-14(23-24)16(18,19)20/h6-9H,4-5H2,1-3H3,(H,21,22,23). The fraction of sp³-hybridized carbons (Fsp3) is 0.500. The highest BCUT2D eigenvalue weighted by Crippen LogP contribution is 2.46. The lowest BCUT2D eigenvalue weighted by atomic mass is 9.96. The quantitative estimate of drug-likeness (QED) is 0.728. The Balaban J connectivity index is 2.31. The predicted octanol–water partition coefficient (Wildman–Crippen LogP) is 4.26. The van der Waals surface area contributed by atoms with Gasteiger partial charge in [0.05, 0.1) is 10.6 Å². The predicted molar refractivity (Wildman–Crippen MR) is 95.0 cm³/mol. The van der Waals surface area contributed by atoms with Gasteiger partial charge in [-0.15, -0.1) is 5.10 Å². The third-order valence-corrected chi connectivity index (χ3v) is 5.75. The summed E-state index contributed by atoms with van der Waals surface area (Å²) in [4.78, 5) is 3.37. The number of alkyl halides is 3. The Morgan fingerprint density at radius 2 is 1.93 bits per heavy atom.